The van der Waals surface area contributed by atoms with Crippen LogP contribution in [0.25, 0.3) is 0 Å². The number of piperidine rings is 1. The highest BCUT2D eigenvalue weighted by Crippen LogP contribution is 2.21. The third kappa shape index (κ3) is 4.03. The number of nitrogens with zero attached hydrogens (tertiary/aromatic N) is 1. The van der Waals surface area contributed by atoms with Crippen LogP contribution >= 0.6 is 11.6 Å². The van der Waals surface area contributed by atoms with Gasteiger partial charge in [0.15, 0.2) is 5.78 Å². The molecule has 1 saturated heterocycles. The summed E-state index contributed by atoms with van der Waals surface area (Å²) in [7, 11) is 1.77. The first-order valence-electron chi connectivity index (χ1n) is 6.89. The monoisotopic (exact) mass is 280 g/mol. The van der Waals surface area contributed by atoms with Gasteiger partial charge in [-0.25, -0.2) is 0 Å². The Hall–Kier alpha value is -0.900. The molecule has 0 spiro atoms. The van der Waals surface area contributed by atoms with E-state index in [4.69, 9.17) is 11.6 Å². The number of rotatable bonds is 5. The van der Waals surface area contributed by atoms with E-state index in [-0.39, 0.29) is 5.78 Å². The van der Waals surface area contributed by atoms with E-state index in [1.54, 1.807) is 13.1 Å². The van der Waals surface area contributed by atoms with Gasteiger partial charge in [0, 0.05) is 17.1 Å². The summed E-state index contributed by atoms with van der Waals surface area (Å²) in [5, 5.41) is 3.57. The summed E-state index contributed by atoms with van der Waals surface area (Å²) in [5.41, 5.74) is 1.80. The molecule has 0 unspecified atom stereocenters. The highest BCUT2D eigenvalue weighted by atomic mass is 35.5. The van der Waals surface area contributed by atoms with Crippen LogP contribution in [0.3, 0.4) is 0 Å². The Balaban J connectivity index is 2.04. The van der Waals surface area contributed by atoms with Gasteiger partial charge in [0.25, 0.3) is 0 Å². The van der Waals surface area contributed by atoms with E-state index >= 15 is 0 Å². The lowest BCUT2D eigenvalue weighted by atomic mass is 10.1. The molecule has 3 nitrogen and oxygen atoms in total. The molecule has 0 bridgehead atoms. The molecule has 0 aromatic heterocycles. The average Bonchev–Trinajstić information content (AvgIpc) is 2.42. The van der Waals surface area contributed by atoms with Crippen LogP contribution < -0.4 is 5.32 Å². The van der Waals surface area contributed by atoms with E-state index in [2.05, 4.69) is 10.2 Å². The van der Waals surface area contributed by atoms with E-state index in [0.717, 1.165) is 25.2 Å². The maximum Gasteiger partial charge on any atom is 0.176 e. The Morgan fingerprint density at radius 3 is 2.68 bits per heavy atom. The molecule has 104 valence electrons. The van der Waals surface area contributed by atoms with Crippen LogP contribution in [-0.4, -0.2) is 37.4 Å². The first kappa shape index (κ1) is 14.5. The maximum absolute atomic E-state index is 11.8. The molecule has 0 atom stereocenters. The van der Waals surface area contributed by atoms with Crippen LogP contribution in [0.1, 0.15) is 35.2 Å². The maximum atomic E-state index is 11.8. The molecule has 0 aliphatic carbocycles. The Bertz CT molecular complexity index is 442. The number of Topliss-reactive ketones (excluding diaryl/α,β-unsaturated/α-hetero) is 1. The van der Waals surface area contributed by atoms with Crippen molar-refractivity contribution in [2.75, 3.05) is 26.7 Å². The van der Waals surface area contributed by atoms with Crippen molar-refractivity contribution in [2.24, 2.45) is 0 Å². The smallest absolute Gasteiger partial charge is 0.176 e. The van der Waals surface area contributed by atoms with Crippen LogP contribution in [-0.2, 0) is 6.54 Å². The lowest BCUT2D eigenvalue weighted by molar-refractivity contribution is 0.0993. The van der Waals surface area contributed by atoms with Gasteiger partial charge in [-0.1, -0.05) is 30.2 Å². The molecule has 1 aliphatic heterocycles. The van der Waals surface area contributed by atoms with Crippen LogP contribution in [0.15, 0.2) is 18.2 Å². The van der Waals surface area contributed by atoms with Crippen molar-refractivity contribution in [1.29, 1.82) is 0 Å². The zero-order valence-electron chi connectivity index (χ0n) is 11.4. The Kier molecular flexibility index (Phi) is 5.37. The summed E-state index contributed by atoms with van der Waals surface area (Å²) >= 11 is 6.29. The number of likely N-dealkylation sites (N-methyl/N-ethyl adjacent to an activating group) is 1. The van der Waals surface area contributed by atoms with E-state index in [9.17, 15) is 4.79 Å². The second-order valence-corrected chi connectivity index (χ2v) is 5.50. The lowest BCUT2D eigenvalue weighted by Gasteiger charge is -2.26. The molecule has 0 radical (unpaired) electrons. The molecule has 0 amide bonds. The van der Waals surface area contributed by atoms with E-state index < -0.39 is 0 Å². The largest absolute Gasteiger partial charge is 0.313 e. The molecule has 1 aliphatic rings. The van der Waals surface area contributed by atoms with Crippen LogP contribution in [0, 0.1) is 0 Å². The second kappa shape index (κ2) is 7.04. The topological polar surface area (TPSA) is 32.3 Å². The van der Waals surface area contributed by atoms with Crippen LogP contribution in [0.4, 0.5) is 0 Å². The van der Waals surface area contributed by atoms with Crippen molar-refractivity contribution < 1.29 is 4.79 Å². The fourth-order valence-electron chi connectivity index (χ4n) is 2.47. The standard InChI is InChI=1S/C15H21ClN2O/c1-17-10-15(19)12-5-6-13(14(16)9-12)11-18-7-3-2-4-8-18/h5-6,9,17H,2-4,7-8,10-11H2,1H3. The molecule has 0 saturated carbocycles. The zero-order chi connectivity index (χ0) is 13.7. The van der Waals surface area contributed by atoms with Crippen LogP contribution in [0.2, 0.25) is 5.02 Å². The van der Waals surface area contributed by atoms with Gasteiger partial charge >= 0.3 is 0 Å². The van der Waals surface area contributed by atoms with Crippen LogP contribution in [0.5, 0.6) is 0 Å². The minimum Gasteiger partial charge on any atom is -0.313 e. The van der Waals surface area contributed by atoms with E-state index in [1.165, 1.54) is 19.3 Å². The predicted octanol–water partition coefficient (Wildman–Crippen LogP) is 2.73. The number of ketones is 1. The Labute approximate surface area is 119 Å². The van der Waals surface area contributed by atoms with E-state index in [0.29, 0.717) is 17.1 Å². The summed E-state index contributed by atoms with van der Waals surface area (Å²) in [5.74, 6) is 0.0777. The molecule has 1 heterocycles. The molecule has 1 aromatic carbocycles. The molecule has 1 N–H and O–H groups in total. The quantitative estimate of drug-likeness (QED) is 0.842. The first-order valence-corrected chi connectivity index (χ1v) is 7.27. The van der Waals surface area contributed by atoms with Gasteiger partial charge in [-0.2, -0.15) is 0 Å². The highest BCUT2D eigenvalue weighted by molar-refractivity contribution is 6.31. The number of nitrogens with one attached hydrogen (secondary N) is 1. The molecule has 4 heteroatoms. The number of hydrogen-bond acceptors (Lipinski definition) is 3. The fraction of sp³-hybridized carbons (Fsp3) is 0.533. The average molecular weight is 281 g/mol. The van der Waals surface area contributed by atoms with Gasteiger partial charge in [-0.05, 0) is 44.6 Å². The number of carbonyl (C=O) groups excluding carboxylic acids is 1. The van der Waals surface area contributed by atoms with Gasteiger partial charge in [0.1, 0.15) is 0 Å². The van der Waals surface area contributed by atoms with Crippen molar-refractivity contribution in [3.8, 4) is 0 Å². The minimum atomic E-state index is 0.0777. The summed E-state index contributed by atoms with van der Waals surface area (Å²) < 4.78 is 0. The van der Waals surface area contributed by atoms with Gasteiger partial charge in [-0.15, -0.1) is 0 Å². The van der Waals surface area contributed by atoms with Gasteiger partial charge in [0.2, 0.25) is 0 Å². The third-order valence-electron chi connectivity index (χ3n) is 3.56. The van der Waals surface area contributed by atoms with Crippen molar-refractivity contribution in [1.82, 2.24) is 10.2 Å². The van der Waals surface area contributed by atoms with Gasteiger partial charge < -0.3 is 5.32 Å². The lowest BCUT2D eigenvalue weighted by Crippen LogP contribution is -2.29. The summed E-state index contributed by atoms with van der Waals surface area (Å²) in [6.45, 7) is 3.54. The SMILES string of the molecule is CNCC(=O)c1ccc(CN2CCCCC2)c(Cl)c1. The van der Waals surface area contributed by atoms with Gasteiger partial charge in [-0.3, -0.25) is 9.69 Å². The second-order valence-electron chi connectivity index (χ2n) is 5.10. The highest BCUT2D eigenvalue weighted by Gasteiger charge is 2.13. The van der Waals surface area contributed by atoms with Gasteiger partial charge in [0.05, 0.1) is 6.54 Å². The van der Waals surface area contributed by atoms with Crippen molar-refractivity contribution in [3.05, 3.63) is 34.3 Å². The first-order chi connectivity index (χ1) is 9.20. The number of likely N-dealkylation sites (tertiary alicyclic amines) is 1. The number of carbonyl (C=O) groups is 1. The molecule has 19 heavy (non-hydrogen) atoms. The summed E-state index contributed by atoms with van der Waals surface area (Å²) in [4.78, 5) is 14.2. The Morgan fingerprint density at radius 2 is 2.05 bits per heavy atom. The van der Waals surface area contributed by atoms with E-state index in [1.807, 2.05) is 12.1 Å². The Morgan fingerprint density at radius 1 is 1.32 bits per heavy atom. The van der Waals surface area contributed by atoms with Crippen molar-refractivity contribution >= 4 is 17.4 Å². The molecule has 2 rings (SSSR count). The number of benzene rings is 1. The normalized spacial score (nSPS) is 16.5. The van der Waals surface area contributed by atoms with Crippen molar-refractivity contribution in [2.45, 2.75) is 25.8 Å². The predicted molar refractivity (Wildman–Crippen MR) is 78.8 cm³/mol. The molecule has 1 aromatic rings. The van der Waals surface area contributed by atoms with Crippen molar-refractivity contribution in [3.63, 3.8) is 0 Å². The summed E-state index contributed by atoms with van der Waals surface area (Å²) in [6.07, 6.45) is 3.88. The molecule has 1 fully saturated rings. The fourth-order valence-corrected chi connectivity index (χ4v) is 2.71. The number of halogens is 1. The summed E-state index contributed by atoms with van der Waals surface area (Å²) in [6, 6.07) is 5.66. The minimum absolute atomic E-state index is 0.0777. The molecular weight excluding hydrogens is 260 g/mol. The molecular formula is C15H21ClN2O. The zero-order valence-corrected chi connectivity index (χ0v) is 12.2. The number of hydrogen-bond donors (Lipinski definition) is 1. The third-order valence-corrected chi connectivity index (χ3v) is 3.91.